The summed E-state index contributed by atoms with van der Waals surface area (Å²) in [4.78, 5) is 39.2. The molecule has 3 aromatic rings. The van der Waals surface area contributed by atoms with Gasteiger partial charge in [-0.1, -0.05) is 18.2 Å². The number of rotatable bonds is 5. The van der Waals surface area contributed by atoms with E-state index < -0.39 is 11.7 Å². The molecule has 26 heavy (non-hydrogen) atoms. The van der Waals surface area contributed by atoms with Gasteiger partial charge in [-0.15, -0.1) is 0 Å². The smallest absolute Gasteiger partial charge is 0.338 e. The third-order valence-corrected chi connectivity index (χ3v) is 4.39. The molecule has 0 bridgehead atoms. The molecule has 0 spiro atoms. The number of nitrogens with zero attached hydrogens (tertiary/aromatic N) is 1. The average molecular weight is 352 g/mol. The van der Waals surface area contributed by atoms with Crippen molar-refractivity contribution in [2.45, 2.75) is 26.8 Å². The number of para-hydroxylation sites is 1. The molecule has 134 valence electrons. The lowest BCUT2D eigenvalue weighted by atomic mass is 10.1. The van der Waals surface area contributed by atoms with Gasteiger partial charge in [-0.05, 0) is 55.7 Å². The number of hydrogen-bond donors (Lipinski definition) is 1. The van der Waals surface area contributed by atoms with Crippen LogP contribution in [0, 0.1) is 13.8 Å². The Kier molecular flexibility index (Phi) is 5.02. The zero-order valence-electron chi connectivity index (χ0n) is 14.7. The van der Waals surface area contributed by atoms with Crippen molar-refractivity contribution in [2.75, 3.05) is 6.61 Å². The molecule has 0 aliphatic rings. The van der Waals surface area contributed by atoms with E-state index in [0.717, 1.165) is 15.7 Å². The van der Waals surface area contributed by atoms with E-state index in [2.05, 4.69) is 4.98 Å². The van der Waals surface area contributed by atoms with Crippen LogP contribution in [0.25, 0.3) is 10.9 Å². The van der Waals surface area contributed by atoms with Crippen LogP contribution in [0.15, 0.2) is 52.1 Å². The number of benzene rings is 2. The zero-order chi connectivity index (χ0) is 18.7. The summed E-state index contributed by atoms with van der Waals surface area (Å²) in [6.45, 7) is 4.22. The van der Waals surface area contributed by atoms with E-state index in [0.29, 0.717) is 22.9 Å². The van der Waals surface area contributed by atoms with E-state index in [1.165, 1.54) is 0 Å². The number of hydrogen-bond acceptors (Lipinski definition) is 4. The highest BCUT2D eigenvalue weighted by molar-refractivity contribution is 5.89. The predicted molar refractivity (Wildman–Crippen MR) is 99.6 cm³/mol. The molecule has 0 aliphatic heterocycles. The first-order valence-corrected chi connectivity index (χ1v) is 8.43. The largest absolute Gasteiger partial charge is 0.462 e. The Morgan fingerprint density at radius 3 is 2.62 bits per heavy atom. The minimum Gasteiger partial charge on any atom is -0.462 e. The summed E-state index contributed by atoms with van der Waals surface area (Å²) in [6.07, 6.45) is 0.373. The molecular weight excluding hydrogens is 332 g/mol. The number of ether oxygens (including phenoxy) is 1. The van der Waals surface area contributed by atoms with Crippen LogP contribution < -0.4 is 11.2 Å². The molecule has 2 aromatic carbocycles. The summed E-state index contributed by atoms with van der Waals surface area (Å²) >= 11 is 0. The summed E-state index contributed by atoms with van der Waals surface area (Å²) in [5.74, 6) is -0.409. The number of nitrogens with one attached hydrogen (secondary N) is 1. The molecule has 1 heterocycles. The lowest BCUT2D eigenvalue weighted by Crippen LogP contribution is -2.35. The molecule has 6 heteroatoms. The lowest BCUT2D eigenvalue weighted by Gasteiger charge is -2.08. The highest BCUT2D eigenvalue weighted by atomic mass is 16.5. The number of carbonyl (C=O) groups excluding carboxylic acids is 1. The van der Waals surface area contributed by atoms with Crippen LogP contribution in [0.2, 0.25) is 0 Å². The molecule has 1 aromatic heterocycles. The minimum atomic E-state index is -0.464. The SMILES string of the molecule is Cc1ccc(C(=O)OCCCn2c(=O)[nH]c3ccccc3c2=O)cc1C. The van der Waals surface area contributed by atoms with Gasteiger partial charge in [0.1, 0.15) is 0 Å². The van der Waals surface area contributed by atoms with E-state index in [9.17, 15) is 14.4 Å². The summed E-state index contributed by atoms with van der Waals surface area (Å²) in [5.41, 5.74) is 2.33. The first-order valence-electron chi connectivity index (χ1n) is 8.43. The third-order valence-electron chi connectivity index (χ3n) is 4.39. The highest BCUT2D eigenvalue weighted by Crippen LogP contribution is 2.11. The topological polar surface area (TPSA) is 81.2 Å². The molecule has 0 unspecified atom stereocenters. The van der Waals surface area contributed by atoms with Gasteiger partial charge in [-0.2, -0.15) is 0 Å². The van der Waals surface area contributed by atoms with Gasteiger partial charge in [0.15, 0.2) is 0 Å². The second-order valence-electron chi connectivity index (χ2n) is 6.22. The monoisotopic (exact) mass is 352 g/mol. The maximum absolute atomic E-state index is 12.4. The number of H-pyrrole nitrogens is 1. The van der Waals surface area contributed by atoms with Crippen LogP contribution in [0.5, 0.6) is 0 Å². The Labute approximate surface area is 150 Å². The molecular formula is C20H20N2O4. The van der Waals surface area contributed by atoms with Crippen LogP contribution in [-0.2, 0) is 11.3 Å². The van der Waals surface area contributed by atoms with Crippen molar-refractivity contribution >= 4 is 16.9 Å². The van der Waals surface area contributed by atoms with Crippen molar-refractivity contribution in [1.29, 1.82) is 0 Å². The van der Waals surface area contributed by atoms with Gasteiger partial charge in [-0.3, -0.25) is 9.36 Å². The van der Waals surface area contributed by atoms with Crippen LogP contribution in [0.1, 0.15) is 27.9 Å². The van der Waals surface area contributed by atoms with Crippen molar-refractivity contribution in [2.24, 2.45) is 0 Å². The summed E-state index contributed by atoms with van der Waals surface area (Å²) in [6, 6.07) is 12.3. The Hall–Kier alpha value is -3.15. The van der Waals surface area contributed by atoms with E-state index in [1.54, 1.807) is 36.4 Å². The first kappa shape index (κ1) is 17.7. The molecule has 0 radical (unpaired) electrons. The maximum atomic E-state index is 12.4. The van der Waals surface area contributed by atoms with Gasteiger partial charge < -0.3 is 9.72 Å². The fourth-order valence-corrected chi connectivity index (χ4v) is 2.74. The quantitative estimate of drug-likeness (QED) is 0.565. The number of aryl methyl sites for hydroxylation is 2. The third kappa shape index (κ3) is 3.59. The number of aromatic nitrogens is 2. The summed E-state index contributed by atoms with van der Waals surface area (Å²) in [5, 5.41) is 0.458. The Morgan fingerprint density at radius 2 is 1.85 bits per heavy atom. The Morgan fingerprint density at radius 1 is 1.08 bits per heavy atom. The lowest BCUT2D eigenvalue weighted by molar-refractivity contribution is 0.0495. The minimum absolute atomic E-state index is 0.129. The number of aromatic amines is 1. The summed E-state index contributed by atoms with van der Waals surface area (Å²) < 4.78 is 6.38. The van der Waals surface area contributed by atoms with Gasteiger partial charge >= 0.3 is 11.7 Å². The highest BCUT2D eigenvalue weighted by Gasteiger charge is 2.10. The zero-order valence-corrected chi connectivity index (χ0v) is 14.7. The van der Waals surface area contributed by atoms with Gasteiger partial charge in [0.05, 0.1) is 23.1 Å². The Balaban J connectivity index is 1.64. The second kappa shape index (κ2) is 7.39. The van der Waals surface area contributed by atoms with E-state index in [4.69, 9.17) is 4.74 Å². The van der Waals surface area contributed by atoms with Crippen LogP contribution in [0.4, 0.5) is 0 Å². The van der Waals surface area contributed by atoms with Gasteiger partial charge in [0.25, 0.3) is 5.56 Å². The second-order valence-corrected chi connectivity index (χ2v) is 6.22. The number of esters is 1. The molecule has 0 atom stereocenters. The molecule has 0 fully saturated rings. The molecule has 0 aliphatic carbocycles. The maximum Gasteiger partial charge on any atom is 0.338 e. The van der Waals surface area contributed by atoms with Crippen molar-refractivity contribution in [3.05, 3.63) is 80.0 Å². The van der Waals surface area contributed by atoms with Crippen LogP contribution in [-0.4, -0.2) is 22.1 Å². The van der Waals surface area contributed by atoms with Crippen LogP contribution in [0.3, 0.4) is 0 Å². The van der Waals surface area contributed by atoms with Crippen molar-refractivity contribution in [3.63, 3.8) is 0 Å². The van der Waals surface area contributed by atoms with Crippen molar-refractivity contribution < 1.29 is 9.53 Å². The number of carbonyl (C=O) groups is 1. The number of fused-ring (bicyclic) bond motifs is 1. The van der Waals surface area contributed by atoms with Gasteiger partial charge in [0, 0.05) is 6.54 Å². The fourth-order valence-electron chi connectivity index (χ4n) is 2.74. The van der Waals surface area contributed by atoms with Gasteiger partial charge in [-0.25, -0.2) is 9.59 Å². The molecule has 0 saturated heterocycles. The van der Waals surface area contributed by atoms with E-state index in [-0.39, 0.29) is 18.7 Å². The van der Waals surface area contributed by atoms with Crippen molar-refractivity contribution in [3.8, 4) is 0 Å². The van der Waals surface area contributed by atoms with E-state index in [1.807, 2.05) is 19.9 Å². The van der Waals surface area contributed by atoms with Gasteiger partial charge in [0.2, 0.25) is 0 Å². The molecule has 6 nitrogen and oxygen atoms in total. The van der Waals surface area contributed by atoms with E-state index >= 15 is 0 Å². The fraction of sp³-hybridized carbons (Fsp3) is 0.250. The Bertz CT molecular complexity index is 1080. The molecule has 1 N–H and O–H groups in total. The summed E-state index contributed by atoms with van der Waals surface area (Å²) in [7, 11) is 0. The standard InChI is InChI=1S/C20H20N2O4/c1-13-8-9-15(12-14(13)2)19(24)26-11-5-10-22-18(23)16-6-3-4-7-17(16)21-20(22)25/h3-4,6-9,12H,5,10-11H2,1-2H3,(H,21,25). The molecule has 0 saturated carbocycles. The average Bonchev–Trinajstić information content (AvgIpc) is 2.63. The van der Waals surface area contributed by atoms with Crippen molar-refractivity contribution in [1.82, 2.24) is 9.55 Å². The normalized spacial score (nSPS) is 10.8. The molecule has 3 rings (SSSR count). The molecule has 0 amide bonds. The predicted octanol–water partition coefficient (Wildman–Crippen LogP) is 2.55. The first-order chi connectivity index (χ1) is 12.5. The van der Waals surface area contributed by atoms with Crippen LogP contribution >= 0.6 is 0 Å².